The summed E-state index contributed by atoms with van der Waals surface area (Å²) in [6.07, 6.45) is 0. The van der Waals surface area contributed by atoms with Gasteiger partial charge in [0.2, 0.25) is 0 Å². The van der Waals surface area contributed by atoms with Gasteiger partial charge in [-0.2, -0.15) is 0 Å². The van der Waals surface area contributed by atoms with Gasteiger partial charge in [0.1, 0.15) is 6.54 Å². The fourth-order valence-electron chi connectivity index (χ4n) is 3.04. The third-order valence-electron chi connectivity index (χ3n) is 4.34. The Morgan fingerprint density at radius 1 is 1.18 bits per heavy atom. The molecular formula is C18H12ClN5O4. The highest BCUT2D eigenvalue weighted by Crippen LogP contribution is 2.29. The molecule has 2 aromatic carbocycles. The van der Waals surface area contributed by atoms with Gasteiger partial charge in [0, 0.05) is 28.3 Å². The van der Waals surface area contributed by atoms with Crippen molar-refractivity contribution in [2.45, 2.75) is 13.2 Å². The first-order valence-corrected chi connectivity index (χ1v) is 8.56. The second-order valence-corrected chi connectivity index (χ2v) is 6.37. The van der Waals surface area contributed by atoms with E-state index in [1.807, 2.05) is 0 Å². The minimum atomic E-state index is -0.607. The van der Waals surface area contributed by atoms with Gasteiger partial charge in [0.15, 0.2) is 11.5 Å². The zero-order valence-electron chi connectivity index (χ0n) is 14.2. The van der Waals surface area contributed by atoms with Crippen LogP contribution in [-0.2, 0) is 13.2 Å². The number of rotatable bonds is 3. The average Bonchev–Trinajstić information content (AvgIpc) is 2.85. The molecule has 1 aliphatic heterocycles. The Morgan fingerprint density at radius 2 is 1.96 bits per heavy atom. The largest absolute Gasteiger partial charge is 0.390 e. The Kier molecular flexibility index (Phi) is 4.46. The highest BCUT2D eigenvalue weighted by atomic mass is 35.5. The van der Waals surface area contributed by atoms with Crippen molar-refractivity contribution in [3.63, 3.8) is 0 Å². The van der Waals surface area contributed by atoms with E-state index in [4.69, 9.17) is 11.6 Å². The van der Waals surface area contributed by atoms with E-state index in [9.17, 15) is 20.0 Å². The Morgan fingerprint density at radius 3 is 2.68 bits per heavy atom. The predicted molar refractivity (Wildman–Crippen MR) is 101 cm³/mol. The molecule has 0 saturated carbocycles. The maximum absolute atomic E-state index is 12.8. The molecule has 10 heteroatoms. The monoisotopic (exact) mass is 397 g/mol. The number of hydrogen-bond acceptors (Lipinski definition) is 7. The number of nitro groups is 1. The Labute approximate surface area is 162 Å². The van der Waals surface area contributed by atoms with E-state index in [-0.39, 0.29) is 29.4 Å². The van der Waals surface area contributed by atoms with Crippen LogP contribution in [-0.4, -0.2) is 30.5 Å². The Bertz CT molecular complexity index is 1200. The van der Waals surface area contributed by atoms with Crippen molar-refractivity contribution in [1.82, 2.24) is 14.8 Å². The van der Waals surface area contributed by atoms with Crippen LogP contribution in [0.4, 0.5) is 5.69 Å². The molecule has 0 radical (unpaired) electrons. The molecular weight excluding hydrogens is 386 g/mol. The summed E-state index contributed by atoms with van der Waals surface area (Å²) in [4.78, 5) is 28.1. The lowest BCUT2D eigenvalue weighted by molar-refractivity contribution is -0.384. The van der Waals surface area contributed by atoms with Crippen molar-refractivity contribution in [1.29, 1.82) is 0 Å². The third-order valence-corrected chi connectivity index (χ3v) is 4.67. The molecule has 0 saturated heterocycles. The molecule has 0 fully saturated rings. The summed E-state index contributed by atoms with van der Waals surface area (Å²) in [6, 6.07) is 11.2. The van der Waals surface area contributed by atoms with Crippen molar-refractivity contribution in [2.75, 3.05) is 0 Å². The van der Waals surface area contributed by atoms with Crippen LogP contribution in [0, 0.1) is 10.1 Å². The van der Waals surface area contributed by atoms with Gasteiger partial charge in [-0.25, -0.2) is 0 Å². The van der Waals surface area contributed by atoms with Gasteiger partial charge < -0.3 is 5.11 Å². The van der Waals surface area contributed by atoms with Gasteiger partial charge in [-0.05, 0) is 12.1 Å². The van der Waals surface area contributed by atoms with Gasteiger partial charge >= 0.3 is 0 Å². The number of aromatic nitrogens is 3. The molecule has 0 spiro atoms. The van der Waals surface area contributed by atoms with Gasteiger partial charge in [0.25, 0.3) is 11.2 Å². The molecule has 4 rings (SSSR count). The number of halogens is 1. The van der Waals surface area contributed by atoms with Crippen LogP contribution in [0.15, 0.2) is 52.3 Å². The van der Waals surface area contributed by atoms with Crippen LogP contribution in [0.2, 0.25) is 5.02 Å². The first-order valence-electron chi connectivity index (χ1n) is 8.18. The standard InChI is InChI=1S/C18H12ClN5O4/c19-13-4-2-1-3-11(13)17-12-6-5-10(24(27)28)7-15(12)23-16(8-20-17)22-21-14(9-25)18(23)26/h1-7,25H,8-9H2. The number of aliphatic hydroxyl groups is 1. The van der Waals surface area contributed by atoms with Gasteiger partial charge in [-0.1, -0.05) is 29.8 Å². The fraction of sp³-hybridized carbons (Fsp3) is 0.111. The molecule has 140 valence electrons. The van der Waals surface area contributed by atoms with Crippen LogP contribution in [0.3, 0.4) is 0 Å². The molecule has 0 amide bonds. The maximum Gasteiger partial charge on any atom is 0.282 e. The highest BCUT2D eigenvalue weighted by molar-refractivity contribution is 6.35. The Hall–Kier alpha value is -3.43. The quantitative estimate of drug-likeness (QED) is 0.532. The SMILES string of the molecule is O=c1c(CO)nnc2n1-c1cc([N+](=O)[O-])ccc1C(c1ccccc1Cl)=NC2. The Balaban J connectivity index is 2.07. The molecule has 2 heterocycles. The van der Waals surface area contributed by atoms with Crippen molar-refractivity contribution < 1.29 is 10.0 Å². The normalized spacial score (nSPS) is 12.6. The number of aliphatic hydroxyl groups excluding tert-OH is 1. The van der Waals surface area contributed by atoms with Crippen LogP contribution < -0.4 is 5.56 Å². The lowest BCUT2D eigenvalue weighted by Gasteiger charge is -2.13. The van der Waals surface area contributed by atoms with E-state index in [2.05, 4.69) is 15.2 Å². The van der Waals surface area contributed by atoms with E-state index < -0.39 is 17.1 Å². The first-order chi connectivity index (χ1) is 13.5. The zero-order valence-corrected chi connectivity index (χ0v) is 15.0. The average molecular weight is 398 g/mol. The van der Waals surface area contributed by atoms with Gasteiger partial charge in [-0.15, -0.1) is 10.2 Å². The summed E-state index contributed by atoms with van der Waals surface area (Å²) in [6.45, 7) is -0.592. The summed E-state index contributed by atoms with van der Waals surface area (Å²) in [5, 5.41) is 28.8. The number of fused-ring (bicyclic) bond motifs is 3. The van der Waals surface area contributed by atoms with Crippen LogP contribution in [0.1, 0.15) is 22.6 Å². The fourth-order valence-corrected chi connectivity index (χ4v) is 3.26. The van der Waals surface area contributed by atoms with Crippen LogP contribution >= 0.6 is 11.6 Å². The van der Waals surface area contributed by atoms with E-state index in [1.165, 1.54) is 22.8 Å². The molecule has 1 aliphatic rings. The minimum absolute atomic E-state index is 0.0109. The number of aliphatic imine (C=N–C) groups is 1. The van der Waals surface area contributed by atoms with Crippen LogP contribution in [0.25, 0.3) is 5.69 Å². The highest BCUT2D eigenvalue weighted by Gasteiger charge is 2.25. The first kappa shape index (κ1) is 18.0. The second-order valence-electron chi connectivity index (χ2n) is 5.96. The summed E-state index contributed by atoms with van der Waals surface area (Å²) in [7, 11) is 0. The number of hydrogen-bond donors (Lipinski definition) is 1. The van der Waals surface area contributed by atoms with Crippen molar-refractivity contribution in [3.8, 4) is 5.69 Å². The number of nitro benzene ring substituents is 1. The zero-order chi connectivity index (χ0) is 19.8. The molecule has 0 unspecified atom stereocenters. The van der Waals surface area contributed by atoms with E-state index in [0.717, 1.165) is 0 Å². The van der Waals surface area contributed by atoms with Gasteiger partial charge in [0.05, 0.1) is 22.9 Å². The predicted octanol–water partition coefficient (Wildman–Crippen LogP) is 2.03. The van der Waals surface area contributed by atoms with Crippen molar-refractivity contribution in [2.24, 2.45) is 4.99 Å². The van der Waals surface area contributed by atoms with E-state index in [0.29, 0.717) is 21.9 Å². The second kappa shape index (κ2) is 6.95. The number of non-ortho nitro benzene ring substituents is 1. The lowest BCUT2D eigenvalue weighted by Crippen LogP contribution is -2.29. The van der Waals surface area contributed by atoms with Crippen molar-refractivity contribution >= 4 is 23.0 Å². The summed E-state index contributed by atoms with van der Waals surface area (Å²) in [5.41, 5.74) is 0.847. The molecule has 9 nitrogen and oxygen atoms in total. The summed E-state index contributed by atoms with van der Waals surface area (Å²) in [5.74, 6) is 0.200. The maximum atomic E-state index is 12.8. The molecule has 0 aliphatic carbocycles. The minimum Gasteiger partial charge on any atom is -0.390 e. The molecule has 1 aromatic heterocycles. The van der Waals surface area contributed by atoms with Crippen LogP contribution in [0.5, 0.6) is 0 Å². The topological polar surface area (TPSA) is 124 Å². The third kappa shape index (κ3) is 2.86. The molecule has 1 N–H and O–H groups in total. The molecule has 28 heavy (non-hydrogen) atoms. The smallest absolute Gasteiger partial charge is 0.282 e. The van der Waals surface area contributed by atoms with E-state index in [1.54, 1.807) is 24.3 Å². The van der Waals surface area contributed by atoms with Crippen molar-refractivity contribution in [3.05, 3.63) is 90.6 Å². The summed E-state index contributed by atoms with van der Waals surface area (Å²) >= 11 is 6.33. The molecule has 0 bridgehead atoms. The molecule has 3 aromatic rings. The lowest BCUT2D eigenvalue weighted by atomic mass is 10.00. The van der Waals surface area contributed by atoms with Gasteiger partial charge in [-0.3, -0.25) is 24.5 Å². The number of nitrogens with zero attached hydrogens (tertiary/aromatic N) is 5. The van der Waals surface area contributed by atoms with E-state index >= 15 is 0 Å². The number of benzene rings is 2. The summed E-state index contributed by atoms with van der Waals surface area (Å²) < 4.78 is 1.20. The molecule has 0 atom stereocenters.